The molecular weight excluding hydrogens is 338 g/mol. The van der Waals surface area contributed by atoms with Gasteiger partial charge in [0.15, 0.2) is 0 Å². The molecule has 0 spiro atoms. The number of fused-ring (bicyclic) bond motifs is 1. The second-order valence-electron chi connectivity index (χ2n) is 6.17. The van der Waals surface area contributed by atoms with Crippen LogP contribution in [0.4, 0.5) is 5.82 Å². The normalized spacial score (nSPS) is 15.7. The van der Waals surface area contributed by atoms with Gasteiger partial charge in [0.05, 0.1) is 5.02 Å². The topological polar surface area (TPSA) is 55.6 Å². The van der Waals surface area contributed by atoms with Crippen molar-refractivity contribution in [3.05, 3.63) is 47.4 Å². The SMILES string of the molecule is CCc1cc(N2CCC(Oc3ccccc3Cl)CC2)n2ncnc2n1. The second kappa shape index (κ2) is 6.88. The molecule has 0 unspecified atom stereocenters. The molecule has 0 atom stereocenters. The van der Waals surface area contributed by atoms with Crippen molar-refractivity contribution < 1.29 is 4.74 Å². The highest BCUT2D eigenvalue weighted by Crippen LogP contribution is 2.28. The molecule has 3 aromatic rings. The molecule has 2 aromatic heterocycles. The maximum Gasteiger partial charge on any atom is 0.254 e. The summed E-state index contributed by atoms with van der Waals surface area (Å²) in [6.45, 7) is 3.90. The van der Waals surface area contributed by atoms with Gasteiger partial charge < -0.3 is 9.64 Å². The Morgan fingerprint density at radius 1 is 1.24 bits per heavy atom. The Kier molecular flexibility index (Phi) is 4.44. The number of piperidine rings is 1. The summed E-state index contributed by atoms with van der Waals surface area (Å²) < 4.78 is 7.90. The number of aromatic nitrogens is 4. The number of aryl methyl sites for hydroxylation is 1. The number of ether oxygens (including phenoxy) is 1. The summed E-state index contributed by atoms with van der Waals surface area (Å²) >= 11 is 6.19. The van der Waals surface area contributed by atoms with E-state index in [9.17, 15) is 0 Å². The highest BCUT2D eigenvalue weighted by molar-refractivity contribution is 6.32. The largest absolute Gasteiger partial charge is 0.489 e. The molecule has 0 radical (unpaired) electrons. The molecule has 3 heterocycles. The first-order valence-electron chi connectivity index (χ1n) is 8.60. The number of halogens is 1. The number of anilines is 1. The lowest BCUT2D eigenvalue weighted by atomic mass is 10.1. The average Bonchev–Trinajstić information content (AvgIpc) is 3.12. The maximum absolute atomic E-state index is 6.19. The summed E-state index contributed by atoms with van der Waals surface area (Å²) in [6, 6.07) is 9.74. The van der Waals surface area contributed by atoms with E-state index in [-0.39, 0.29) is 6.10 Å². The van der Waals surface area contributed by atoms with Gasteiger partial charge in [-0.25, -0.2) is 4.98 Å². The predicted octanol–water partition coefficient (Wildman–Crippen LogP) is 3.39. The zero-order chi connectivity index (χ0) is 17.2. The molecule has 1 aliphatic rings. The molecule has 7 heteroatoms. The van der Waals surface area contributed by atoms with E-state index < -0.39 is 0 Å². The highest BCUT2D eigenvalue weighted by Gasteiger charge is 2.23. The molecule has 6 nitrogen and oxygen atoms in total. The number of hydrogen-bond acceptors (Lipinski definition) is 5. The molecule has 1 saturated heterocycles. The van der Waals surface area contributed by atoms with Gasteiger partial charge in [-0.3, -0.25) is 0 Å². The minimum absolute atomic E-state index is 0.176. The van der Waals surface area contributed by atoms with E-state index in [0.29, 0.717) is 10.8 Å². The van der Waals surface area contributed by atoms with Gasteiger partial charge in [0.2, 0.25) is 0 Å². The summed E-state index contributed by atoms with van der Waals surface area (Å²) in [5.74, 6) is 2.47. The van der Waals surface area contributed by atoms with E-state index >= 15 is 0 Å². The molecule has 4 rings (SSSR count). The number of para-hydroxylation sites is 1. The van der Waals surface area contributed by atoms with Gasteiger partial charge in [0.25, 0.3) is 5.78 Å². The molecule has 0 saturated carbocycles. The van der Waals surface area contributed by atoms with Crippen LogP contribution in [0.15, 0.2) is 36.7 Å². The first kappa shape index (κ1) is 16.1. The minimum Gasteiger partial charge on any atom is -0.489 e. The number of nitrogens with zero attached hydrogens (tertiary/aromatic N) is 5. The summed E-state index contributed by atoms with van der Waals surface area (Å²) in [6.07, 6.45) is 4.48. The molecule has 0 amide bonds. The smallest absolute Gasteiger partial charge is 0.254 e. The van der Waals surface area contributed by atoms with Crippen LogP contribution in [0.25, 0.3) is 5.78 Å². The van der Waals surface area contributed by atoms with Crippen LogP contribution in [0.5, 0.6) is 5.75 Å². The van der Waals surface area contributed by atoms with Crippen LogP contribution < -0.4 is 9.64 Å². The van der Waals surface area contributed by atoms with Crippen molar-refractivity contribution in [3.63, 3.8) is 0 Å². The van der Waals surface area contributed by atoms with Gasteiger partial charge in [-0.1, -0.05) is 30.7 Å². The van der Waals surface area contributed by atoms with E-state index in [0.717, 1.165) is 49.6 Å². The Morgan fingerprint density at radius 2 is 2.04 bits per heavy atom. The van der Waals surface area contributed by atoms with Crippen molar-refractivity contribution in [1.82, 2.24) is 19.6 Å². The number of benzene rings is 1. The predicted molar refractivity (Wildman–Crippen MR) is 97.5 cm³/mol. The standard InChI is InChI=1S/C18H20ClN5O/c1-2-13-11-17(24-18(22-13)20-12-21-24)23-9-7-14(8-10-23)25-16-6-4-3-5-15(16)19/h3-6,11-12,14H,2,7-10H2,1H3. The molecular formula is C18H20ClN5O. The monoisotopic (exact) mass is 357 g/mol. The van der Waals surface area contributed by atoms with Crippen LogP contribution in [0.2, 0.25) is 5.02 Å². The molecule has 1 fully saturated rings. The van der Waals surface area contributed by atoms with Gasteiger partial charge in [-0.15, -0.1) is 0 Å². The van der Waals surface area contributed by atoms with Gasteiger partial charge in [0, 0.05) is 37.7 Å². The summed E-state index contributed by atoms with van der Waals surface area (Å²) in [7, 11) is 0. The van der Waals surface area contributed by atoms with Gasteiger partial charge in [-0.2, -0.15) is 14.6 Å². The van der Waals surface area contributed by atoms with E-state index in [2.05, 4.69) is 33.0 Å². The van der Waals surface area contributed by atoms with Gasteiger partial charge in [-0.05, 0) is 18.6 Å². The third kappa shape index (κ3) is 3.26. The molecule has 0 N–H and O–H groups in total. The highest BCUT2D eigenvalue weighted by atomic mass is 35.5. The van der Waals surface area contributed by atoms with Crippen molar-refractivity contribution in [2.24, 2.45) is 0 Å². The van der Waals surface area contributed by atoms with Crippen LogP contribution in [-0.2, 0) is 6.42 Å². The Balaban J connectivity index is 1.49. The maximum atomic E-state index is 6.19. The van der Waals surface area contributed by atoms with Crippen LogP contribution >= 0.6 is 11.6 Å². The second-order valence-corrected chi connectivity index (χ2v) is 6.57. The molecule has 25 heavy (non-hydrogen) atoms. The van der Waals surface area contributed by atoms with Crippen molar-refractivity contribution >= 4 is 23.2 Å². The van der Waals surface area contributed by atoms with E-state index in [4.69, 9.17) is 16.3 Å². The molecule has 1 aromatic carbocycles. The van der Waals surface area contributed by atoms with Crippen molar-refractivity contribution in [2.45, 2.75) is 32.3 Å². The lowest BCUT2D eigenvalue weighted by molar-refractivity contribution is 0.170. The van der Waals surface area contributed by atoms with Crippen LogP contribution in [0.3, 0.4) is 0 Å². The minimum atomic E-state index is 0.176. The zero-order valence-corrected chi connectivity index (χ0v) is 14.9. The Bertz CT molecular complexity index is 873. The van der Waals surface area contributed by atoms with Crippen LogP contribution in [-0.4, -0.2) is 38.8 Å². The van der Waals surface area contributed by atoms with Crippen molar-refractivity contribution in [1.29, 1.82) is 0 Å². The van der Waals surface area contributed by atoms with Gasteiger partial charge in [0.1, 0.15) is 24.0 Å². The first-order valence-corrected chi connectivity index (χ1v) is 8.98. The third-order valence-electron chi connectivity index (χ3n) is 4.54. The van der Waals surface area contributed by atoms with E-state index in [1.807, 2.05) is 28.8 Å². The van der Waals surface area contributed by atoms with Crippen LogP contribution in [0, 0.1) is 0 Å². The number of hydrogen-bond donors (Lipinski definition) is 0. The average molecular weight is 358 g/mol. The Labute approximate surface area is 151 Å². The summed E-state index contributed by atoms with van der Waals surface area (Å²) in [5, 5.41) is 4.98. The lowest BCUT2D eigenvalue weighted by Crippen LogP contribution is -2.39. The first-order chi connectivity index (χ1) is 12.2. The quantitative estimate of drug-likeness (QED) is 0.716. The molecule has 0 aliphatic carbocycles. The summed E-state index contributed by atoms with van der Waals surface area (Å²) in [5.41, 5.74) is 1.03. The fourth-order valence-corrected chi connectivity index (χ4v) is 3.35. The molecule has 130 valence electrons. The zero-order valence-electron chi connectivity index (χ0n) is 14.1. The van der Waals surface area contributed by atoms with E-state index in [1.54, 1.807) is 6.33 Å². The molecule has 0 bridgehead atoms. The fraction of sp³-hybridized carbons (Fsp3) is 0.389. The third-order valence-corrected chi connectivity index (χ3v) is 4.86. The van der Waals surface area contributed by atoms with Crippen molar-refractivity contribution in [2.75, 3.05) is 18.0 Å². The molecule has 1 aliphatic heterocycles. The Morgan fingerprint density at radius 3 is 2.80 bits per heavy atom. The Hall–Kier alpha value is -2.34. The summed E-state index contributed by atoms with van der Waals surface area (Å²) in [4.78, 5) is 11.1. The lowest BCUT2D eigenvalue weighted by Gasteiger charge is -2.33. The fourth-order valence-electron chi connectivity index (χ4n) is 3.17. The van der Waals surface area contributed by atoms with E-state index in [1.165, 1.54) is 0 Å². The van der Waals surface area contributed by atoms with Crippen molar-refractivity contribution in [3.8, 4) is 5.75 Å². The van der Waals surface area contributed by atoms with Gasteiger partial charge >= 0.3 is 0 Å². The van der Waals surface area contributed by atoms with Crippen LogP contribution in [0.1, 0.15) is 25.5 Å². The number of rotatable bonds is 4.